The summed E-state index contributed by atoms with van der Waals surface area (Å²) >= 11 is 6.66. The van der Waals surface area contributed by atoms with Crippen LogP contribution in [-0.4, -0.2) is 38.7 Å². The first-order valence-electron chi connectivity index (χ1n) is 10.5. The third kappa shape index (κ3) is 7.40. The minimum absolute atomic E-state index is 0.0785. The van der Waals surface area contributed by atoms with E-state index in [4.69, 9.17) is 17.3 Å². The molecular formula is C25H24N2O4S2. The van der Waals surface area contributed by atoms with Crippen LogP contribution in [0.2, 0.25) is 0 Å². The van der Waals surface area contributed by atoms with E-state index in [1.54, 1.807) is 23.1 Å². The highest BCUT2D eigenvalue weighted by molar-refractivity contribution is 8.26. The van der Waals surface area contributed by atoms with Crippen LogP contribution in [-0.2, 0) is 9.59 Å². The molecule has 2 aromatic rings. The standard InChI is InChI=1S/C25H24N2O4S2/c28-22(26-20-15-13-19(14-16-20)24(30)31)12-5-2-6-17-27-23(29)21(33-25(27)32)11-7-10-18-8-3-1-4-9-18/h1,3-4,7-11,13-16H,2,5-6,12,17H2,(H,26,28)(H,30,31)/b10-7+,21-11-. The Kier molecular flexibility index (Phi) is 8.97. The largest absolute Gasteiger partial charge is 0.478 e. The lowest BCUT2D eigenvalue weighted by atomic mass is 10.1. The Morgan fingerprint density at radius 2 is 1.76 bits per heavy atom. The van der Waals surface area contributed by atoms with Crippen molar-refractivity contribution < 1.29 is 19.5 Å². The molecule has 1 heterocycles. The Labute approximate surface area is 202 Å². The molecule has 0 atom stereocenters. The zero-order valence-corrected chi connectivity index (χ0v) is 19.5. The van der Waals surface area contributed by atoms with Gasteiger partial charge < -0.3 is 10.4 Å². The number of nitrogens with zero attached hydrogens (tertiary/aromatic N) is 1. The number of carbonyl (C=O) groups is 3. The third-order valence-electron chi connectivity index (χ3n) is 4.91. The summed E-state index contributed by atoms with van der Waals surface area (Å²) in [7, 11) is 0. The van der Waals surface area contributed by atoms with Gasteiger partial charge in [-0.3, -0.25) is 14.5 Å². The van der Waals surface area contributed by atoms with E-state index in [2.05, 4.69) is 5.32 Å². The van der Waals surface area contributed by atoms with Crippen molar-refractivity contribution in [3.63, 3.8) is 0 Å². The van der Waals surface area contributed by atoms with Crippen LogP contribution in [0.3, 0.4) is 0 Å². The Balaban J connectivity index is 1.37. The number of rotatable bonds is 10. The molecule has 3 rings (SSSR count). The molecule has 1 aliphatic rings. The number of thiocarbonyl (C=S) groups is 1. The van der Waals surface area contributed by atoms with Crippen molar-refractivity contribution >= 4 is 57.8 Å². The normalized spacial score (nSPS) is 14.9. The molecule has 2 amide bonds. The van der Waals surface area contributed by atoms with Gasteiger partial charge in [0.2, 0.25) is 5.91 Å². The Morgan fingerprint density at radius 1 is 1.03 bits per heavy atom. The Bertz CT molecular complexity index is 1080. The molecule has 0 aliphatic carbocycles. The molecule has 6 nitrogen and oxygen atoms in total. The average Bonchev–Trinajstić information content (AvgIpc) is 3.07. The monoisotopic (exact) mass is 480 g/mol. The molecule has 2 aromatic carbocycles. The SMILES string of the molecule is O=C(CCCCCN1C(=O)/C(=C/C=C/c2ccccc2)SC1=S)Nc1ccc(C(=O)O)cc1. The molecular weight excluding hydrogens is 456 g/mol. The molecule has 0 unspecified atom stereocenters. The van der Waals surface area contributed by atoms with Crippen molar-refractivity contribution in [3.05, 3.63) is 82.8 Å². The van der Waals surface area contributed by atoms with Crippen LogP contribution >= 0.6 is 24.0 Å². The summed E-state index contributed by atoms with van der Waals surface area (Å²) in [6.45, 7) is 0.530. The van der Waals surface area contributed by atoms with E-state index in [9.17, 15) is 14.4 Å². The maximum absolute atomic E-state index is 12.6. The third-order valence-corrected chi connectivity index (χ3v) is 6.31. The second-order valence-electron chi connectivity index (χ2n) is 7.37. The molecule has 0 spiro atoms. The number of carboxylic acids is 1. The number of thioether (sulfide) groups is 1. The molecule has 8 heteroatoms. The van der Waals surface area contributed by atoms with Crippen molar-refractivity contribution in [2.45, 2.75) is 25.7 Å². The first-order chi connectivity index (χ1) is 15.9. The number of hydrogen-bond acceptors (Lipinski definition) is 5. The zero-order valence-electron chi connectivity index (χ0n) is 17.9. The maximum Gasteiger partial charge on any atom is 0.335 e. The topological polar surface area (TPSA) is 86.7 Å². The lowest BCUT2D eigenvalue weighted by Crippen LogP contribution is -2.29. The van der Waals surface area contributed by atoms with Crippen molar-refractivity contribution in [1.29, 1.82) is 0 Å². The molecule has 2 N–H and O–H groups in total. The van der Waals surface area contributed by atoms with Crippen LogP contribution in [0.15, 0.2) is 71.7 Å². The highest BCUT2D eigenvalue weighted by atomic mass is 32.2. The van der Waals surface area contributed by atoms with E-state index in [0.717, 1.165) is 18.4 Å². The molecule has 1 saturated heterocycles. The van der Waals surface area contributed by atoms with Crippen LogP contribution in [0.1, 0.15) is 41.6 Å². The number of carbonyl (C=O) groups excluding carboxylic acids is 2. The fourth-order valence-electron chi connectivity index (χ4n) is 3.17. The number of amides is 2. The summed E-state index contributed by atoms with van der Waals surface area (Å²) in [6.07, 6.45) is 8.16. The number of carboxylic acid groups (broad SMARTS) is 1. The Hall–Kier alpha value is -3.23. The molecule has 33 heavy (non-hydrogen) atoms. The molecule has 0 saturated carbocycles. The number of anilines is 1. The number of benzene rings is 2. The first-order valence-corrected chi connectivity index (χ1v) is 11.8. The molecule has 0 bridgehead atoms. The Morgan fingerprint density at radius 3 is 2.45 bits per heavy atom. The highest BCUT2D eigenvalue weighted by Crippen LogP contribution is 2.31. The van der Waals surface area contributed by atoms with Gasteiger partial charge in [-0.05, 0) is 48.7 Å². The van der Waals surface area contributed by atoms with E-state index < -0.39 is 5.97 Å². The van der Waals surface area contributed by atoms with Gasteiger partial charge in [-0.15, -0.1) is 0 Å². The summed E-state index contributed by atoms with van der Waals surface area (Å²) in [5.74, 6) is -1.21. The van der Waals surface area contributed by atoms with Crippen molar-refractivity contribution in [2.75, 3.05) is 11.9 Å². The van der Waals surface area contributed by atoms with Gasteiger partial charge in [0, 0.05) is 18.7 Å². The number of nitrogens with one attached hydrogen (secondary N) is 1. The maximum atomic E-state index is 12.6. The molecule has 0 aromatic heterocycles. The lowest BCUT2D eigenvalue weighted by Gasteiger charge is -2.14. The molecule has 1 aliphatic heterocycles. The number of aromatic carboxylic acids is 1. The van der Waals surface area contributed by atoms with E-state index in [1.807, 2.05) is 42.5 Å². The van der Waals surface area contributed by atoms with Crippen molar-refractivity contribution in [3.8, 4) is 0 Å². The lowest BCUT2D eigenvalue weighted by molar-refractivity contribution is -0.122. The van der Waals surface area contributed by atoms with Gasteiger partial charge in [-0.1, -0.05) is 72.9 Å². The predicted molar refractivity (Wildman–Crippen MR) is 136 cm³/mol. The van der Waals surface area contributed by atoms with Crippen LogP contribution in [0.25, 0.3) is 6.08 Å². The van der Waals surface area contributed by atoms with E-state index >= 15 is 0 Å². The number of hydrogen-bond donors (Lipinski definition) is 2. The van der Waals surface area contributed by atoms with Gasteiger partial charge in [0.05, 0.1) is 10.5 Å². The van der Waals surface area contributed by atoms with E-state index in [-0.39, 0.29) is 17.4 Å². The summed E-state index contributed by atoms with van der Waals surface area (Å²) < 4.78 is 0.557. The van der Waals surface area contributed by atoms with Gasteiger partial charge in [0.25, 0.3) is 5.91 Å². The number of allylic oxidation sites excluding steroid dienone is 2. The fraction of sp³-hybridized carbons (Fsp3) is 0.200. The minimum Gasteiger partial charge on any atom is -0.478 e. The highest BCUT2D eigenvalue weighted by Gasteiger charge is 2.30. The van der Waals surface area contributed by atoms with Gasteiger partial charge in [-0.25, -0.2) is 4.79 Å². The van der Waals surface area contributed by atoms with Gasteiger partial charge in [0.15, 0.2) is 0 Å². The van der Waals surface area contributed by atoms with Crippen molar-refractivity contribution in [1.82, 2.24) is 4.90 Å². The van der Waals surface area contributed by atoms with Gasteiger partial charge >= 0.3 is 5.97 Å². The van der Waals surface area contributed by atoms with Crippen LogP contribution in [0.5, 0.6) is 0 Å². The average molecular weight is 481 g/mol. The second-order valence-corrected chi connectivity index (χ2v) is 9.04. The summed E-state index contributed by atoms with van der Waals surface area (Å²) in [6, 6.07) is 15.9. The van der Waals surface area contributed by atoms with E-state index in [0.29, 0.717) is 34.3 Å². The number of unbranched alkanes of at least 4 members (excludes halogenated alkanes) is 2. The smallest absolute Gasteiger partial charge is 0.335 e. The zero-order chi connectivity index (χ0) is 23.6. The summed E-state index contributed by atoms with van der Waals surface area (Å²) in [5.41, 5.74) is 1.80. The van der Waals surface area contributed by atoms with E-state index in [1.165, 1.54) is 23.9 Å². The van der Waals surface area contributed by atoms with Crippen LogP contribution in [0.4, 0.5) is 5.69 Å². The minimum atomic E-state index is -1.01. The molecule has 170 valence electrons. The van der Waals surface area contributed by atoms with Gasteiger partial charge in [-0.2, -0.15) is 0 Å². The van der Waals surface area contributed by atoms with Gasteiger partial charge in [0.1, 0.15) is 4.32 Å². The summed E-state index contributed by atoms with van der Waals surface area (Å²) in [4.78, 5) is 37.8. The quantitative estimate of drug-likeness (QED) is 0.271. The van der Waals surface area contributed by atoms with Crippen LogP contribution in [0, 0.1) is 0 Å². The molecule has 0 radical (unpaired) electrons. The van der Waals surface area contributed by atoms with Crippen LogP contribution < -0.4 is 5.32 Å². The summed E-state index contributed by atoms with van der Waals surface area (Å²) in [5, 5.41) is 11.7. The fourth-order valence-corrected chi connectivity index (χ4v) is 4.43. The van der Waals surface area contributed by atoms with Crippen molar-refractivity contribution in [2.24, 2.45) is 0 Å². The second kappa shape index (κ2) is 12.1. The predicted octanol–water partition coefficient (Wildman–Crippen LogP) is 5.34. The first kappa shape index (κ1) is 24.4. The molecule has 1 fully saturated rings.